The second kappa shape index (κ2) is 6.92. The Morgan fingerprint density at radius 1 is 0.696 bits per heavy atom. The summed E-state index contributed by atoms with van der Waals surface area (Å²) < 4.78 is 10.8. The SMILES string of the molecule is O=C(O[C@@H]1C=C[C@@H](OC(=O)c2ccccc2)C1)c1ccccc1. The predicted octanol–water partition coefficient (Wildman–Crippen LogP) is 3.40. The molecule has 4 nitrogen and oxygen atoms in total. The van der Waals surface area contributed by atoms with Crippen molar-refractivity contribution >= 4 is 11.9 Å². The zero-order valence-electron chi connectivity index (χ0n) is 12.4. The van der Waals surface area contributed by atoms with Crippen LogP contribution in [0.5, 0.6) is 0 Å². The van der Waals surface area contributed by atoms with Crippen molar-refractivity contribution in [2.24, 2.45) is 0 Å². The highest BCUT2D eigenvalue weighted by Gasteiger charge is 2.25. The lowest BCUT2D eigenvalue weighted by atomic mass is 10.2. The number of benzene rings is 2. The Morgan fingerprint density at radius 3 is 1.48 bits per heavy atom. The molecule has 0 fully saturated rings. The molecule has 0 N–H and O–H groups in total. The van der Waals surface area contributed by atoms with Crippen LogP contribution in [0.2, 0.25) is 0 Å². The van der Waals surface area contributed by atoms with Crippen LogP contribution in [0.3, 0.4) is 0 Å². The quantitative estimate of drug-likeness (QED) is 0.641. The van der Waals surface area contributed by atoms with Crippen LogP contribution in [-0.4, -0.2) is 24.1 Å². The Hall–Kier alpha value is -2.88. The molecule has 1 aliphatic rings. The molecule has 0 saturated heterocycles. The Labute approximate surface area is 134 Å². The van der Waals surface area contributed by atoms with Crippen LogP contribution in [0.15, 0.2) is 72.8 Å². The minimum atomic E-state index is -0.379. The Balaban J connectivity index is 1.52. The van der Waals surface area contributed by atoms with E-state index in [1.165, 1.54) is 0 Å². The van der Waals surface area contributed by atoms with E-state index >= 15 is 0 Å². The van der Waals surface area contributed by atoms with Gasteiger partial charge in [-0.3, -0.25) is 0 Å². The van der Waals surface area contributed by atoms with E-state index in [4.69, 9.17) is 9.47 Å². The van der Waals surface area contributed by atoms with E-state index in [9.17, 15) is 9.59 Å². The highest BCUT2D eigenvalue weighted by atomic mass is 16.6. The summed E-state index contributed by atoms with van der Waals surface area (Å²) in [4.78, 5) is 24.0. The zero-order valence-corrected chi connectivity index (χ0v) is 12.4. The first-order valence-electron chi connectivity index (χ1n) is 7.43. The van der Waals surface area contributed by atoms with Gasteiger partial charge in [-0.2, -0.15) is 0 Å². The topological polar surface area (TPSA) is 52.6 Å². The highest BCUT2D eigenvalue weighted by molar-refractivity contribution is 5.90. The van der Waals surface area contributed by atoms with Crippen molar-refractivity contribution in [1.29, 1.82) is 0 Å². The van der Waals surface area contributed by atoms with Gasteiger partial charge in [0.15, 0.2) is 0 Å². The summed E-state index contributed by atoms with van der Waals surface area (Å²) in [6.07, 6.45) is 3.19. The average molecular weight is 308 g/mol. The second-order valence-electron chi connectivity index (χ2n) is 5.24. The van der Waals surface area contributed by atoms with Gasteiger partial charge in [0, 0.05) is 6.42 Å². The van der Waals surface area contributed by atoms with Crippen molar-refractivity contribution in [3.8, 4) is 0 Å². The molecule has 0 saturated carbocycles. The second-order valence-corrected chi connectivity index (χ2v) is 5.24. The molecule has 0 spiro atoms. The first-order valence-corrected chi connectivity index (χ1v) is 7.43. The summed E-state index contributed by atoms with van der Waals surface area (Å²) in [5.74, 6) is -0.759. The molecule has 2 aromatic rings. The van der Waals surface area contributed by atoms with Crippen LogP contribution in [0.1, 0.15) is 27.1 Å². The lowest BCUT2D eigenvalue weighted by molar-refractivity contribution is 0.0234. The van der Waals surface area contributed by atoms with Crippen molar-refractivity contribution in [2.75, 3.05) is 0 Å². The van der Waals surface area contributed by atoms with E-state index in [0.717, 1.165) is 0 Å². The molecule has 0 aromatic heterocycles. The molecule has 0 amide bonds. The number of rotatable bonds is 4. The third-order valence-corrected chi connectivity index (χ3v) is 3.54. The normalized spacial score (nSPS) is 19.3. The molecule has 4 heteroatoms. The fraction of sp³-hybridized carbons (Fsp3) is 0.158. The van der Waals surface area contributed by atoms with Crippen molar-refractivity contribution in [1.82, 2.24) is 0 Å². The molecular weight excluding hydrogens is 292 g/mol. The molecule has 0 unspecified atom stereocenters. The predicted molar refractivity (Wildman–Crippen MR) is 85.0 cm³/mol. The number of ether oxygens (including phenoxy) is 2. The molecular formula is C19H16O4. The van der Waals surface area contributed by atoms with Crippen LogP contribution in [0, 0.1) is 0 Å². The van der Waals surface area contributed by atoms with Crippen molar-refractivity contribution in [2.45, 2.75) is 18.6 Å². The fourth-order valence-corrected chi connectivity index (χ4v) is 2.37. The number of hydrogen-bond donors (Lipinski definition) is 0. The smallest absolute Gasteiger partial charge is 0.338 e. The minimum absolute atomic E-state index is 0.378. The number of hydrogen-bond acceptors (Lipinski definition) is 4. The van der Waals surface area contributed by atoms with E-state index in [1.807, 2.05) is 12.1 Å². The van der Waals surface area contributed by atoms with Crippen molar-refractivity contribution < 1.29 is 19.1 Å². The third kappa shape index (κ3) is 3.86. The van der Waals surface area contributed by atoms with Gasteiger partial charge in [-0.1, -0.05) is 36.4 Å². The lowest BCUT2D eigenvalue weighted by Gasteiger charge is -2.14. The molecule has 0 heterocycles. The third-order valence-electron chi connectivity index (χ3n) is 3.54. The van der Waals surface area contributed by atoms with Gasteiger partial charge in [-0.25, -0.2) is 9.59 Å². The maximum absolute atomic E-state index is 12.0. The summed E-state index contributed by atoms with van der Waals surface area (Å²) >= 11 is 0. The van der Waals surface area contributed by atoms with Crippen LogP contribution >= 0.6 is 0 Å². The Bertz CT molecular complexity index is 645. The van der Waals surface area contributed by atoms with Gasteiger partial charge in [0.1, 0.15) is 12.2 Å². The molecule has 1 aliphatic carbocycles. The zero-order chi connectivity index (χ0) is 16.1. The monoisotopic (exact) mass is 308 g/mol. The molecule has 0 aliphatic heterocycles. The summed E-state index contributed by atoms with van der Waals surface area (Å²) in [6.45, 7) is 0. The van der Waals surface area contributed by atoms with E-state index in [-0.39, 0.29) is 24.1 Å². The van der Waals surface area contributed by atoms with Crippen LogP contribution in [0.25, 0.3) is 0 Å². The van der Waals surface area contributed by atoms with E-state index < -0.39 is 0 Å². The first kappa shape index (κ1) is 15.0. The minimum Gasteiger partial charge on any atom is -0.454 e. The van der Waals surface area contributed by atoms with Crippen LogP contribution < -0.4 is 0 Å². The molecule has 0 bridgehead atoms. The summed E-state index contributed by atoms with van der Waals surface area (Å²) in [7, 11) is 0. The van der Waals surface area contributed by atoms with Gasteiger partial charge in [0.2, 0.25) is 0 Å². The van der Waals surface area contributed by atoms with Crippen LogP contribution in [-0.2, 0) is 9.47 Å². The van der Waals surface area contributed by atoms with E-state index in [1.54, 1.807) is 60.7 Å². The standard InChI is InChI=1S/C19H16O4/c20-18(14-7-3-1-4-8-14)22-16-11-12-17(13-16)23-19(21)15-9-5-2-6-10-15/h1-12,16-17H,13H2/t16-,17-/m1/s1. The summed E-state index contributed by atoms with van der Waals surface area (Å²) in [5, 5.41) is 0. The lowest BCUT2D eigenvalue weighted by Crippen LogP contribution is -2.20. The Kier molecular flexibility index (Phi) is 4.52. The van der Waals surface area contributed by atoms with Gasteiger partial charge in [0.25, 0.3) is 0 Å². The van der Waals surface area contributed by atoms with E-state index in [2.05, 4.69) is 0 Å². The molecule has 2 aromatic carbocycles. The van der Waals surface area contributed by atoms with Crippen LogP contribution in [0.4, 0.5) is 0 Å². The molecule has 0 radical (unpaired) electrons. The first-order chi connectivity index (χ1) is 11.2. The summed E-state index contributed by atoms with van der Waals surface area (Å²) in [5.41, 5.74) is 1.01. The summed E-state index contributed by atoms with van der Waals surface area (Å²) in [6, 6.07) is 17.6. The highest BCUT2D eigenvalue weighted by Crippen LogP contribution is 2.20. The average Bonchev–Trinajstić information content (AvgIpc) is 3.03. The number of esters is 2. The maximum atomic E-state index is 12.0. The van der Waals surface area contributed by atoms with Crippen molar-refractivity contribution in [3.05, 3.63) is 83.9 Å². The van der Waals surface area contributed by atoms with Crippen molar-refractivity contribution in [3.63, 3.8) is 0 Å². The number of carbonyl (C=O) groups is 2. The van der Waals surface area contributed by atoms with E-state index in [0.29, 0.717) is 17.5 Å². The molecule has 23 heavy (non-hydrogen) atoms. The molecule has 2 atom stereocenters. The largest absolute Gasteiger partial charge is 0.454 e. The number of carbonyl (C=O) groups excluding carboxylic acids is 2. The van der Waals surface area contributed by atoms with Gasteiger partial charge >= 0.3 is 11.9 Å². The van der Waals surface area contributed by atoms with Gasteiger partial charge in [-0.05, 0) is 36.4 Å². The molecule has 3 rings (SSSR count). The Morgan fingerprint density at radius 2 is 1.09 bits per heavy atom. The fourth-order valence-electron chi connectivity index (χ4n) is 2.37. The molecule has 116 valence electrons. The van der Waals surface area contributed by atoms with Gasteiger partial charge < -0.3 is 9.47 Å². The van der Waals surface area contributed by atoms with Gasteiger partial charge in [-0.15, -0.1) is 0 Å². The maximum Gasteiger partial charge on any atom is 0.338 e. The van der Waals surface area contributed by atoms with Gasteiger partial charge in [0.05, 0.1) is 11.1 Å².